The van der Waals surface area contributed by atoms with Crippen LogP contribution in [0.3, 0.4) is 0 Å². The maximum absolute atomic E-state index is 11.5. The zero-order valence-corrected chi connectivity index (χ0v) is 18.3. The Labute approximate surface area is 187 Å². The summed E-state index contributed by atoms with van der Waals surface area (Å²) in [5.74, 6) is 13.7. The predicted molar refractivity (Wildman–Crippen MR) is 122 cm³/mol. The van der Waals surface area contributed by atoms with Gasteiger partial charge in [0.15, 0.2) is 11.5 Å². The van der Waals surface area contributed by atoms with Crippen molar-refractivity contribution in [3.05, 3.63) is 88.5 Å². The van der Waals surface area contributed by atoms with E-state index in [-0.39, 0.29) is 5.97 Å². The van der Waals surface area contributed by atoms with Crippen molar-refractivity contribution in [2.24, 2.45) is 0 Å². The van der Waals surface area contributed by atoms with Crippen molar-refractivity contribution < 1.29 is 23.7 Å². The van der Waals surface area contributed by atoms with Crippen LogP contribution in [0.5, 0.6) is 17.2 Å². The summed E-state index contributed by atoms with van der Waals surface area (Å²) in [4.78, 5) is 11.5. The molecule has 0 radical (unpaired) electrons. The van der Waals surface area contributed by atoms with Crippen molar-refractivity contribution in [2.45, 2.75) is 0 Å². The lowest BCUT2D eigenvalue weighted by Gasteiger charge is -2.12. The molecule has 5 nitrogen and oxygen atoms in total. The molecule has 0 bridgehead atoms. The first-order valence-corrected chi connectivity index (χ1v) is 9.70. The topological polar surface area (TPSA) is 54.0 Å². The molecule has 0 aromatic heterocycles. The molecule has 0 aliphatic rings. The first kappa shape index (κ1) is 22.3. The van der Waals surface area contributed by atoms with Crippen molar-refractivity contribution >= 4 is 5.97 Å². The lowest BCUT2D eigenvalue weighted by molar-refractivity contribution is 0.0600. The maximum Gasteiger partial charge on any atom is 0.337 e. The van der Waals surface area contributed by atoms with Crippen LogP contribution in [0.25, 0.3) is 0 Å². The second-order valence-electron chi connectivity index (χ2n) is 6.56. The minimum absolute atomic E-state index is 0.372. The number of benzene rings is 3. The van der Waals surface area contributed by atoms with E-state index >= 15 is 0 Å². The summed E-state index contributed by atoms with van der Waals surface area (Å²) in [6, 6.07) is 18.2. The second-order valence-corrected chi connectivity index (χ2v) is 6.56. The number of carbonyl (C=O) groups is 1. The molecule has 0 atom stereocenters. The van der Waals surface area contributed by atoms with Crippen LogP contribution in [0.15, 0.2) is 60.7 Å². The highest BCUT2D eigenvalue weighted by Crippen LogP contribution is 2.37. The van der Waals surface area contributed by atoms with Crippen LogP contribution < -0.4 is 14.2 Å². The first-order valence-electron chi connectivity index (χ1n) is 9.70. The number of hydrogen-bond acceptors (Lipinski definition) is 5. The minimum Gasteiger partial charge on any atom is -0.493 e. The van der Waals surface area contributed by atoms with Crippen LogP contribution in [0, 0.1) is 23.7 Å². The molecule has 5 heteroatoms. The number of ether oxygens (including phenoxy) is 4. The van der Waals surface area contributed by atoms with Gasteiger partial charge >= 0.3 is 5.97 Å². The molecule has 0 fully saturated rings. The van der Waals surface area contributed by atoms with Gasteiger partial charge in [0, 0.05) is 22.3 Å². The predicted octanol–water partition coefficient (Wildman–Crippen LogP) is 4.30. The van der Waals surface area contributed by atoms with Gasteiger partial charge in [0.2, 0.25) is 5.75 Å². The fourth-order valence-corrected chi connectivity index (χ4v) is 2.92. The normalized spacial score (nSPS) is 9.50. The molecule has 0 aliphatic carbocycles. The van der Waals surface area contributed by atoms with E-state index in [4.69, 9.17) is 18.9 Å². The van der Waals surface area contributed by atoms with Gasteiger partial charge in [-0.05, 0) is 54.6 Å². The molecule has 0 unspecified atom stereocenters. The third kappa shape index (κ3) is 5.41. The summed E-state index contributed by atoms with van der Waals surface area (Å²) in [5.41, 5.74) is 3.68. The van der Waals surface area contributed by atoms with E-state index in [2.05, 4.69) is 23.7 Å². The molecular weight excluding hydrogens is 404 g/mol. The molecule has 0 aliphatic heterocycles. The van der Waals surface area contributed by atoms with Gasteiger partial charge < -0.3 is 18.9 Å². The molecule has 0 saturated carbocycles. The Balaban J connectivity index is 1.83. The first-order chi connectivity index (χ1) is 15.6. The third-order valence-electron chi connectivity index (χ3n) is 4.54. The van der Waals surface area contributed by atoms with Gasteiger partial charge in [-0.1, -0.05) is 29.7 Å². The molecule has 3 rings (SSSR count). The minimum atomic E-state index is -0.372. The number of methoxy groups -OCH3 is 4. The molecule has 160 valence electrons. The van der Waals surface area contributed by atoms with Gasteiger partial charge in [-0.15, -0.1) is 0 Å². The average Bonchev–Trinajstić information content (AvgIpc) is 2.85. The van der Waals surface area contributed by atoms with Crippen LogP contribution in [0.4, 0.5) is 0 Å². The number of rotatable bonds is 4. The van der Waals surface area contributed by atoms with Gasteiger partial charge in [-0.25, -0.2) is 4.79 Å². The summed E-state index contributed by atoms with van der Waals surface area (Å²) < 4.78 is 20.8. The lowest BCUT2D eigenvalue weighted by Crippen LogP contribution is -2.00. The Kier molecular flexibility index (Phi) is 7.41. The van der Waals surface area contributed by atoms with Gasteiger partial charge in [-0.3, -0.25) is 0 Å². The molecule has 3 aromatic rings. The molecule has 0 amide bonds. The summed E-state index contributed by atoms with van der Waals surface area (Å²) in [5, 5.41) is 0. The molecule has 0 spiro atoms. The van der Waals surface area contributed by atoms with E-state index in [1.807, 2.05) is 24.3 Å². The lowest BCUT2D eigenvalue weighted by atomic mass is 10.1. The molecule has 0 saturated heterocycles. The van der Waals surface area contributed by atoms with Gasteiger partial charge in [0.05, 0.1) is 34.0 Å². The highest BCUT2D eigenvalue weighted by atomic mass is 16.5. The number of hydrogen-bond donors (Lipinski definition) is 0. The summed E-state index contributed by atoms with van der Waals surface area (Å²) in [6.45, 7) is 0. The second kappa shape index (κ2) is 10.6. The summed E-state index contributed by atoms with van der Waals surface area (Å²) in [7, 11) is 6.05. The Bertz CT molecular complexity index is 1210. The quantitative estimate of drug-likeness (QED) is 0.460. The van der Waals surface area contributed by atoms with Gasteiger partial charge in [0.25, 0.3) is 0 Å². The standard InChI is InChI=1S/C27H22O5/c1-29-24-17-22(18-25(30-2)26(24)31-3)11-10-21-7-5-6-20(16-21)9-8-19-12-14-23(15-13-19)27(28)32-4/h5-7,12-18H,1-4H3. The Morgan fingerprint density at radius 1 is 0.625 bits per heavy atom. The fraction of sp³-hybridized carbons (Fsp3) is 0.148. The van der Waals surface area contributed by atoms with Crippen LogP contribution in [-0.2, 0) is 4.74 Å². The van der Waals surface area contributed by atoms with Crippen LogP contribution in [0.2, 0.25) is 0 Å². The van der Waals surface area contributed by atoms with E-state index in [0.717, 1.165) is 22.3 Å². The third-order valence-corrected chi connectivity index (χ3v) is 4.54. The summed E-state index contributed by atoms with van der Waals surface area (Å²) in [6.07, 6.45) is 0. The van der Waals surface area contributed by atoms with Crippen molar-refractivity contribution in [1.29, 1.82) is 0 Å². The van der Waals surface area contributed by atoms with Gasteiger partial charge in [0.1, 0.15) is 0 Å². The van der Waals surface area contributed by atoms with Crippen molar-refractivity contribution in [3.8, 4) is 40.9 Å². The Morgan fingerprint density at radius 3 is 1.66 bits per heavy atom. The highest BCUT2D eigenvalue weighted by molar-refractivity contribution is 5.89. The number of carbonyl (C=O) groups excluding carboxylic acids is 1. The van der Waals surface area contributed by atoms with Crippen LogP contribution in [0.1, 0.15) is 32.6 Å². The van der Waals surface area contributed by atoms with E-state index in [1.165, 1.54) is 7.11 Å². The summed E-state index contributed by atoms with van der Waals surface area (Å²) >= 11 is 0. The highest BCUT2D eigenvalue weighted by Gasteiger charge is 2.12. The van der Waals surface area contributed by atoms with E-state index in [0.29, 0.717) is 22.8 Å². The molecule has 0 N–H and O–H groups in total. The van der Waals surface area contributed by atoms with Crippen LogP contribution >= 0.6 is 0 Å². The van der Waals surface area contributed by atoms with E-state index in [9.17, 15) is 4.79 Å². The Morgan fingerprint density at radius 2 is 1.16 bits per heavy atom. The zero-order chi connectivity index (χ0) is 22.9. The molecule has 32 heavy (non-hydrogen) atoms. The number of esters is 1. The van der Waals surface area contributed by atoms with Crippen molar-refractivity contribution in [1.82, 2.24) is 0 Å². The zero-order valence-electron chi connectivity index (χ0n) is 18.3. The van der Waals surface area contributed by atoms with E-state index < -0.39 is 0 Å². The van der Waals surface area contributed by atoms with Crippen LogP contribution in [-0.4, -0.2) is 34.4 Å². The molecular formula is C27H22O5. The molecule has 3 aromatic carbocycles. The van der Waals surface area contributed by atoms with Crippen molar-refractivity contribution in [2.75, 3.05) is 28.4 Å². The largest absolute Gasteiger partial charge is 0.493 e. The smallest absolute Gasteiger partial charge is 0.337 e. The fourth-order valence-electron chi connectivity index (χ4n) is 2.92. The monoisotopic (exact) mass is 426 g/mol. The Hall–Kier alpha value is -4.35. The van der Waals surface area contributed by atoms with E-state index in [1.54, 1.807) is 57.7 Å². The maximum atomic E-state index is 11.5. The average molecular weight is 426 g/mol. The van der Waals surface area contributed by atoms with Gasteiger partial charge in [-0.2, -0.15) is 0 Å². The molecule has 0 heterocycles. The SMILES string of the molecule is COC(=O)c1ccc(C#Cc2cccc(C#Cc3cc(OC)c(OC)c(OC)c3)c2)cc1. The van der Waals surface area contributed by atoms with Crippen molar-refractivity contribution in [3.63, 3.8) is 0 Å².